The van der Waals surface area contributed by atoms with E-state index in [4.69, 9.17) is 14.2 Å². The summed E-state index contributed by atoms with van der Waals surface area (Å²) < 4.78 is 16.9. The summed E-state index contributed by atoms with van der Waals surface area (Å²) in [7, 11) is 0. The van der Waals surface area contributed by atoms with Gasteiger partial charge in [-0.1, -0.05) is 289 Å². The highest BCUT2D eigenvalue weighted by atomic mass is 16.6. The van der Waals surface area contributed by atoms with Crippen molar-refractivity contribution in [3.8, 4) is 0 Å². The van der Waals surface area contributed by atoms with Crippen LogP contribution < -0.4 is 0 Å². The van der Waals surface area contributed by atoms with Crippen molar-refractivity contribution in [3.63, 3.8) is 0 Å². The molecule has 0 radical (unpaired) electrons. The first-order valence-electron chi connectivity index (χ1n) is 34.7. The number of rotatable bonds is 62. The van der Waals surface area contributed by atoms with Gasteiger partial charge in [-0.2, -0.15) is 0 Å². The molecule has 0 saturated heterocycles. The Hall–Kier alpha value is -4.45. The van der Waals surface area contributed by atoms with Gasteiger partial charge in [-0.25, -0.2) is 0 Å². The fraction of sp³-hybridized carbons (Fsp3) is 0.675. The zero-order valence-electron chi connectivity index (χ0n) is 54.2. The number of esters is 3. The van der Waals surface area contributed by atoms with Crippen LogP contribution in [0.4, 0.5) is 0 Å². The second-order valence-electron chi connectivity index (χ2n) is 22.7. The fourth-order valence-electron chi connectivity index (χ4n) is 9.43. The molecule has 0 aromatic rings. The third-order valence-electron chi connectivity index (χ3n) is 14.6. The molecular formula is C77H128O6. The van der Waals surface area contributed by atoms with Gasteiger partial charge in [0.15, 0.2) is 6.10 Å². The van der Waals surface area contributed by atoms with Crippen molar-refractivity contribution in [2.24, 2.45) is 0 Å². The molecule has 0 fully saturated rings. The highest BCUT2D eigenvalue weighted by molar-refractivity contribution is 5.71. The van der Waals surface area contributed by atoms with E-state index in [2.05, 4.69) is 154 Å². The average Bonchev–Trinajstić information content (AvgIpc) is 3.49. The first kappa shape index (κ1) is 78.5. The zero-order chi connectivity index (χ0) is 59.9. The van der Waals surface area contributed by atoms with Gasteiger partial charge < -0.3 is 14.2 Å². The second-order valence-corrected chi connectivity index (χ2v) is 22.7. The molecule has 0 amide bonds. The van der Waals surface area contributed by atoms with E-state index in [1.54, 1.807) is 0 Å². The molecule has 0 aliphatic rings. The van der Waals surface area contributed by atoms with E-state index < -0.39 is 6.10 Å². The lowest BCUT2D eigenvalue weighted by molar-refractivity contribution is -0.167. The van der Waals surface area contributed by atoms with Crippen molar-refractivity contribution < 1.29 is 28.6 Å². The van der Waals surface area contributed by atoms with E-state index in [9.17, 15) is 14.4 Å². The van der Waals surface area contributed by atoms with Crippen molar-refractivity contribution in [2.75, 3.05) is 13.2 Å². The summed E-state index contributed by atoms with van der Waals surface area (Å²) in [6.07, 6.45) is 98.9. The van der Waals surface area contributed by atoms with Crippen molar-refractivity contribution >= 4 is 17.9 Å². The number of ether oxygens (including phenoxy) is 3. The molecule has 0 aromatic carbocycles. The molecule has 472 valence electrons. The Kier molecular flexibility index (Phi) is 66.3. The molecule has 0 saturated carbocycles. The molecule has 6 nitrogen and oxygen atoms in total. The quantitative estimate of drug-likeness (QED) is 0.0261. The van der Waals surface area contributed by atoms with Gasteiger partial charge in [-0.3, -0.25) is 14.4 Å². The molecule has 0 bridgehead atoms. The standard InChI is InChI=1S/C77H128O6/c1-4-7-10-13-16-19-22-25-28-30-32-33-34-35-36-37-38-39-40-41-42-43-45-46-49-52-55-58-61-64-67-70-76(79)82-73-74(72-81-75(78)69-66-63-60-57-54-51-48-27-24-21-18-15-12-9-6-3)83-77(80)71-68-65-62-59-56-53-50-47-44-31-29-26-23-20-17-14-11-8-5-2/h7,10,16,18-19,21,25-29,32-33,35-36,38-39,41-42,45-46,48,74H,4-6,8-9,11-15,17,20,22-24,30-31,34,37,40,43-44,47,49-73H2,1-3H3/b10-7-,19-16-,21-18-,28-25-,29-26-,33-32-,36-35-,39-38-,42-41-,46-45-,48-27-. The number of hydrogen-bond acceptors (Lipinski definition) is 6. The van der Waals surface area contributed by atoms with Gasteiger partial charge in [0.05, 0.1) is 0 Å². The fourth-order valence-corrected chi connectivity index (χ4v) is 9.43. The molecule has 0 aliphatic carbocycles. The van der Waals surface area contributed by atoms with Gasteiger partial charge in [0.2, 0.25) is 0 Å². The van der Waals surface area contributed by atoms with Gasteiger partial charge in [0.25, 0.3) is 0 Å². The SMILES string of the molecule is CC/C=C\C/C=C\C/C=C\C/C=C\C/C=C\C/C=C\C/C=C\C/C=C\CCCCCCCCC(=O)OCC(COC(=O)CCCCCCC/C=C\C/C=C\CCCCC)OC(=O)CCCCCCCCCCC/C=C\CCCCCCCC. The smallest absolute Gasteiger partial charge is 0.306 e. The third-order valence-corrected chi connectivity index (χ3v) is 14.6. The molecule has 0 spiro atoms. The minimum absolute atomic E-state index is 0.0927. The van der Waals surface area contributed by atoms with E-state index in [1.807, 2.05) is 0 Å². The van der Waals surface area contributed by atoms with Gasteiger partial charge in [-0.15, -0.1) is 0 Å². The minimum Gasteiger partial charge on any atom is -0.462 e. The lowest BCUT2D eigenvalue weighted by Crippen LogP contribution is -2.30. The highest BCUT2D eigenvalue weighted by Gasteiger charge is 2.19. The number of carbonyl (C=O) groups is 3. The molecule has 1 unspecified atom stereocenters. The normalized spacial score (nSPS) is 13.0. The minimum atomic E-state index is -0.797. The number of allylic oxidation sites excluding steroid dienone is 22. The molecule has 0 aromatic heterocycles. The summed E-state index contributed by atoms with van der Waals surface area (Å²) in [6.45, 7) is 6.49. The van der Waals surface area contributed by atoms with Crippen LogP contribution in [0.5, 0.6) is 0 Å². The first-order valence-corrected chi connectivity index (χ1v) is 34.7. The zero-order valence-corrected chi connectivity index (χ0v) is 54.2. The summed E-state index contributed by atoms with van der Waals surface area (Å²) in [4.78, 5) is 38.4. The molecular weight excluding hydrogens is 1020 g/mol. The number of carbonyl (C=O) groups excluding carboxylic acids is 3. The Bertz CT molecular complexity index is 1750. The number of hydrogen-bond donors (Lipinski definition) is 0. The largest absolute Gasteiger partial charge is 0.462 e. The van der Waals surface area contributed by atoms with E-state index >= 15 is 0 Å². The lowest BCUT2D eigenvalue weighted by atomic mass is 10.1. The predicted molar refractivity (Wildman–Crippen MR) is 362 cm³/mol. The molecule has 0 aliphatic heterocycles. The maximum atomic E-state index is 12.9. The average molecular weight is 1150 g/mol. The van der Waals surface area contributed by atoms with Crippen LogP contribution in [-0.4, -0.2) is 37.2 Å². The third kappa shape index (κ3) is 68.2. The van der Waals surface area contributed by atoms with Crippen molar-refractivity contribution in [1.82, 2.24) is 0 Å². The first-order chi connectivity index (χ1) is 41.0. The van der Waals surface area contributed by atoms with Crippen LogP contribution in [0.2, 0.25) is 0 Å². The van der Waals surface area contributed by atoms with E-state index in [-0.39, 0.29) is 31.1 Å². The maximum Gasteiger partial charge on any atom is 0.306 e. The highest BCUT2D eigenvalue weighted by Crippen LogP contribution is 2.16. The molecule has 83 heavy (non-hydrogen) atoms. The van der Waals surface area contributed by atoms with Gasteiger partial charge in [-0.05, 0) is 141 Å². The van der Waals surface area contributed by atoms with Crippen LogP contribution in [0.3, 0.4) is 0 Å². The predicted octanol–water partition coefficient (Wildman–Crippen LogP) is 24.1. The van der Waals surface area contributed by atoms with Crippen LogP contribution in [0.25, 0.3) is 0 Å². The van der Waals surface area contributed by atoms with Gasteiger partial charge in [0.1, 0.15) is 13.2 Å². The summed E-state index contributed by atoms with van der Waals surface area (Å²) in [6, 6.07) is 0. The van der Waals surface area contributed by atoms with Crippen LogP contribution in [0.1, 0.15) is 316 Å². The summed E-state index contributed by atoms with van der Waals surface area (Å²) in [5.41, 5.74) is 0. The van der Waals surface area contributed by atoms with Crippen molar-refractivity contribution in [1.29, 1.82) is 0 Å². The molecule has 0 heterocycles. The Morgan fingerprint density at radius 1 is 0.253 bits per heavy atom. The monoisotopic (exact) mass is 1150 g/mol. The molecule has 6 heteroatoms. The van der Waals surface area contributed by atoms with E-state index in [1.165, 1.54) is 128 Å². The van der Waals surface area contributed by atoms with Crippen molar-refractivity contribution in [2.45, 2.75) is 322 Å². The maximum absolute atomic E-state index is 12.9. The summed E-state index contributed by atoms with van der Waals surface area (Å²) >= 11 is 0. The van der Waals surface area contributed by atoms with Crippen molar-refractivity contribution in [3.05, 3.63) is 134 Å². The van der Waals surface area contributed by atoms with Crippen LogP contribution >= 0.6 is 0 Å². The van der Waals surface area contributed by atoms with Crippen LogP contribution in [0, 0.1) is 0 Å². The summed E-state index contributed by atoms with van der Waals surface area (Å²) in [5.74, 6) is -0.915. The Balaban J connectivity index is 4.38. The topological polar surface area (TPSA) is 78.9 Å². The Morgan fingerprint density at radius 2 is 0.470 bits per heavy atom. The van der Waals surface area contributed by atoms with Crippen LogP contribution in [0.15, 0.2) is 134 Å². The lowest BCUT2D eigenvalue weighted by Gasteiger charge is -2.18. The number of unbranched alkanes of at least 4 members (excludes halogenated alkanes) is 29. The summed E-state index contributed by atoms with van der Waals surface area (Å²) in [5, 5.41) is 0. The van der Waals surface area contributed by atoms with E-state index in [0.717, 1.165) is 148 Å². The van der Waals surface area contributed by atoms with E-state index in [0.29, 0.717) is 19.3 Å². The molecule has 1 atom stereocenters. The van der Waals surface area contributed by atoms with Gasteiger partial charge >= 0.3 is 17.9 Å². The Labute approximate surface area is 513 Å². The van der Waals surface area contributed by atoms with Gasteiger partial charge in [0, 0.05) is 19.3 Å². The second kappa shape index (κ2) is 70.0. The van der Waals surface area contributed by atoms with Crippen LogP contribution in [-0.2, 0) is 28.6 Å². The molecule has 0 rings (SSSR count). The molecule has 0 N–H and O–H groups in total. The Morgan fingerprint density at radius 3 is 0.771 bits per heavy atom.